The number of benzene rings is 1. The lowest BCUT2D eigenvalue weighted by Crippen LogP contribution is -2.27. The number of carbonyl (C=O) groups excluding carboxylic acids is 1. The Kier molecular flexibility index (Phi) is 6.62. The second-order valence-corrected chi connectivity index (χ2v) is 4.80. The van der Waals surface area contributed by atoms with E-state index in [4.69, 9.17) is 5.26 Å². The van der Waals surface area contributed by atoms with E-state index in [1.165, 1.54) is 0 Å². The third-order valence-corrected chi connectivity index (χ3v) is 2.68. The molecule has 0 saturated carbocycles. The Morgan fingerprint density at radius 3 is 2.89 bits per heavy atom. The summed E-state index contributed by atoms with van der Waals surface area (Å²) >= 11 is 0. The van der Waals surface area contributed by atoms with E-state index in [0.29, 0.717) is 24.6 Å². The van der Waals surface area contributed by atoms with E-state index in [0.717, 1.165) is 18.5 Å². The first kappa shape index (κ1) is 15.2. The molecule has 0 aromatic heterocycles. The third kappa shape index (κ3) is 6.58. The lowest BCUT2D eigenvalue weighted by Gasteiger charge is -2.08. The highest BCUT2D eigenvalue weighted by atomic mass is 16.1. The molecule has 1 aromatic carbocycles. The molecule has 0 radical (unpaired) electrons. The maximum absolute atomic E-state index is 11.6. The lowest BCUT2D eigenvalue weighted by molar-refractivity contribution is -0.121. The van der Waals surface area contributed by atoms with E-state index in [9.17, 15) is 4.79 Å². The van der Waals surface area contributed by atoms with Crippen LogP contribution in [0.5, 0.6) is 0 Å². The average molecular weight is 259 g/mol. The van der Waals surface area contributed by atoms with Crippen LogP contribution in [0.4, 0.5) is 0 Å². The van der Waals surface area contributed by atoms with Gasteiger partial charge in [0.05, 0.1) is 11.6 Å². The normalized spacial score (nSPS) is 10.2. The van der Waals surface area contributed by atoms with Gasteiger partial charge in [0.2, 0.25) is 5.91 Å². The first-order valence-electron chi connectivity index (χ1n) is 6.61. The summed E-state index contributed by atoms with van der Waals surface area (Å²) in [4.78, 5) is 11.6. The summed E-state index contributed by atoms with van der Waals surface area (Å²) in [6.45, 7) is 5.51. The van der Waals surface area contributed by atoms with Gasteiger partial charge in [0, 0.05) is 19.0 Å². The van der Waals surface area contributed by atoms with Crippen molar-refractivity contribution in [1.29, 1.82) is 5.26 Å². The fourth-order valence-corrected chi connectivity index (χ4v) is 1.68. The highest BCUT2D eigenvalue weighted by Gasteiger charge is 2.02. The molecule has 0 spiro atoms. The Balaban J connectivity index is 2.24. The molecule has 0 aliphatic carbocycles. The monoisotopic (exact) mass is 259 g/mol. The van der Waals surface area contributed by atoms with Crippen molar-refractivity contribution in [1.82, 2.24) is 10.6 Å². The van der Waals surface area contributed by atoms with Crippen LogP contribution >= 0.6 is 0 Å². The molecule has 0 aliphatic rings. The zero-order valence-electron chi connectivity index (χ0n) is 11.6. The van der Waals surface area contributed by atoms with Gasteiger partial charge in [-0.25, -0.2) is 0 Å². The summed E-state index contributed by atoms with van der Waals surface area (Å²) in [5.41, 5.74) is 1.57. The molecule has 0 bridgehead atoms. The van der Waals surface area contributed by atoms with Crippen molar-refractivity contribution in [3.05, 3.63) is 35.4 Å². The molecule has 0 saturated heterocycles. The topological polar surface area (TPSA) is 64.9 Å². The first-order chi connectivity index (χ1) is 9.11. The smallest absolute Gasteiger partial charge is 0.220 e. The summed E-state index contributed by atoms with van der Waals surface area (Å²) < 4.78 is 0. The van der Waals surface area contributed by atoms with Crippen LogP contribution in [0.15, 0.2) is 24.3 Å². The number of amides is 1. The largest absolute Gasteiger partial charge is 0.352 e. The summed E-state index contributed by atoms with van der Waals surface area (Å²) in [5.74, 6) is 0.0490. The van der Waals surface area contributed by atoms with E-state index in [1.807, 2.05) is 12.1 Å². The fourth-order valence-electron chi connectivity index (χ4n) is 1.68. The van der Waals surface area contributed by atoms with Crippen molar-refractivity contribution in [2.45, 2.75) is 39.3 Å². The van der Waals surface area contributed by atoms with Gasteiger partial charge in [0.15, 0.2) is 0 Å². The van der Waals surface area contributed by atoms with E-state index in [1.54, 1.807) is 12.1 Å². The number of hydrogen-bond donors (Lipinski definition) is 2. The molecule has 102 valence electrons. The second kappa shape index (κ2) is 8.28. The van der Waals surface area contributed by atoms with Crippen molar-refractivity contribution in [3.8, 4) is 6.07 Å². The van der Waals surface area contributed by atoms with Crippen LogP contribution in [0.2, 0.25) is 0 Å². The predicted molar refractivity (Wildman–Crippen MR) is 75.4 cm³/mol. The van der Waals surface area contributed by atoms with Crippen LogP contribution in [0.3, 0.4) is 0 Å². The minimum atomic E-state index is 0.0490. The number of hydrogen-bond acceptors (Lipinski definition) is 3. The molecule has 0 aliphatic heterocycles. The first-order valence-corrected chi connectivity index (χ1v) is 6.61. The zero-order chi connectivity index (χ0) is 14.1. The van der Waals surface area contributed by atoms with Crippen molar-refractivity contribution >= 4 is 5.91 Å². The summed E-state index contributed by atoms with van der Waals surface area (Å²) in [5, 5.41) is 14.9. The molecule has 19 heavy (non-hydrogen) atoms. The summed E-state index contributed by atoms with van der Waals surface area (Å²) in [7, 11) is 0. The number of nitriles is 1. The van der Waals surface area contributed by atoms with E-state index < -0.39 is 0 Å². The zero-order valence-corrected chi connectivity index (χ0v) is 11.6. The Labute approximate surface area is 114 Å². The second-order valence-electron chi connectivity index (χ2n) is 4.80. The van der Waals surface area contributed by atoms with E-state index in [2.05, 4.69) is 30.6 Å². The number of nitrogens with zero attached hydrogens (tertiary/aromatic N) is 1. The fraction of sp³-hybridized carbons (Fsp3) is 0.467. The molecular weight excluding hydrogens is 238 g/mol. The summed E-state index contributed by atoms with van der Waals surface area (Å²) in [6, 6.07) is 9.82. The maximum Gasteiger partial charge on any atom is 0.220 e. The van der Waals surface area contributed by atoms with Crippen LogP contribution in [0, 0.1) is 11.3 Å². The molecule has 0 heterocycles. The highest BCUT2D eigenvalue weighted by Crippen LogP contribution is 2.03. The van der Waals surface area contributed by atoms with Crippen LogP contribution in [0.1, 0.15) is 37.8 Å². The van der Waals surface area contributed by atoms with Gasteiger partial charge in [-0.2, -0.15) is 5.26 Å². The van der Waals surface area contributed by atoms with Gasteiger partial charge in [-0.3, -0.25) is 4.79 Å². The van der Waals surface area contributed by atoms with Gasteiger partial charge in [0.25, 0.3) is 0 Å². The SMILES string of the molecule is CC(C)NCCCC(=O)NCc1cccc(C#N)c1. The van der Waals surface area contributed by atoms with E-state index in [-0.39, 0.29) is 5.91 Å². The van der Waals surface area contributed by atoms with Crippen molar-refractivity contribution in [2.24, 2.45) is 0 Å². The highest BCUT2D eigenvalue weighted by molar-refractivity contribution is 5.75. The molecule has 1 rings (SSSR count). The number of rotatable bonds is 7. The molecule has 1 amide bonds. The van der Waals surface area contributed by atoms with Crippen LogP contribution in [-0.2, 0) is 11.3 Å². The Bertz CT molecular complexity index is 449. The maximum atomic E-state index is 11.6. The van der Waals surface area contributed by atoms with E-state index >= 15 is 0 Å². The van der Waals surface area contributed by atoms with Gasteiger partial charge in [-0.15, -0.1) is 0 Å². The van der Waals surface area contributed by atoms with Crippen LogP contribution < -0.4 is 10.6 Å². The molecular formula is C15H21N3O. The van der Waals surface area contributed by atoms with Gasteiger partial charge < -0.3 is 10.6 Å². The summed E-state index contributed by atoms with van der Waals surface area (Å²) in [6.07, 6.45) is 1.36. The van der Waals surface area contributed by atoms with Crippen molar-refractivity contribution < 1.29 is 4.79 Å². The molecule has 4 heteroatoms. The number of nitrogens with one attached hydrogen (secondary N) is 2. The van der Waals surface area contributed by atoms with Crippen LogP contribution in [-0.4, -0.2) is 18.5 Å². The van der Waals surface area contributed by atoms with Crippen LogP contribution in [0.25, 0.3) is 0 Å². The minimum absolute atomic E-state index is 0.0490. The average Bonchev–Trinajstić information content (AvgIpc) is 2.41. The Morgan fingerprint density at radius 2 is 2.21 bits per heavy atom. The molecule has 2 N–H and O–H groups in total. The Morgan fingerprint density at radius 1 is 1.42 bits per heavy atom. The molecule has 1 aromatic rings. The molecule has 0 fully saturated rings. The third-order valence-electron chi connectivity index (χ3n) is 2.68. The standard InChI is InChI=1S/C15H21N3O/c1-12(2)17-8-4-7-15(19)18-11-14-6-3-5-13(9-14)10-16/h3,5-6,9,12,17H,4,7-8,11H2,1-2H3,(H,18,19). The van der Waals surface area contributed by atoms with Crippen molar-refractivity contribution in [3.63, 3.8) is 0 Å². The lowest BCUT2D eigenvalue weighted by atomic mass is 10.1. The van der Waals surface area contributed by atoms with Gasteiger partial charge in [-0.05, 0) is 30.7 Å². The quantitative estimate of drug-likeness (QED) is 0.736. The molecule has 4 nitrogen and oxygen atoms in total. The van der Waals surface area contributed by atoms with Crippen molar-refractivity contribution in [2.75, 3.05) is 6.54 Å². The minimum Gasteiger partial charge on any atom is -0.352 e. The van der Waals surface area contributed by atoms with Gasteiger partial charge in [-0.1, -0.05) is 26.0 Å². The number of carbonyl (C=O) groups is 1. The predicted octanol–water partition coefficient (Wildman–Crippen LogP) is 1.95. The molecule has 0 unspecified atom stereocenters. The van der Waals surface area contributed by atoms with Gasteiger partial charge in [0.1, 0.15) is 0 Å². The Hall–Kier alpha value is -1.86. The molecule has 0 atom stereocenters. The van der Waals surface area contributed by atoms with Gasteiger partial charge >= 0.3 is 0 Å².